The highest BCUT2D eigenvalue weighted by atomic mass is 32.1. The lowest BCUT2D eigenvalue weighted by molar-refractivity contribution is -0.144. The molecule has 1 aromatic carbocycles. The summed E-state index contributed by atoms with van der Waals surface area (Å²) in [6.07, 6.45) is -3.57. The SMILES string of the molecule is FC(F)(F)c1nsc(NC2CC2c2ccccc2)n1. The average molecular weight is 285 g/mol. The van der Waals surface area contributed by atoms with Crippen molar-refractivity contribution >= 4 is 16.7 Å². The van der Waals surface area contributed by atoms with Crippen molar-refractivity contribution in [2.45, 2.75) is 24.6 Å². The van der Waals surface area contributed by atoms with E-state index in [0.29, 0.717) is 5.92 Å². The van der Waals surface area contributed by atoms with Crippen LogP contribution in [0.3, 0.4) is 0 Å². The van der Waals surface area contributed by atoms with Crippen LogP contribution in [0.5, 0.6) is 0 Å². The molecule has 1 aromatic heterocycles. The summed E-state index contributed by atoms with van der Waals surface area (Å²) < 4.78 is 40.4. The Morgan fingerprint density at radius 1 is 1.21 bits per heavy atom. The minimum Gasteiger partial charge on any atom is -0.357 e. The Bertz CT molecular complexity index is 567. The first-order chi connectivity index (χ1) is 9.04. The van der Waals surface area contributed by atoms with Crippen molar-refractivity contribution in [3.8, 4) is 0 Å². The number of anilines is 1. The minimum atomic E-state index is -4.47. The van der Waals surface area contributed by atoms with Gasteiger partial charge in [-0.3, -0.25) is 0 Å². The predicted molar refractivity (Wildman–Crippen MR) is 66.1 cm³/mol. The van der Waals surface area contributed by atoms with Gasteiger partial charge in [-0.2, -0.15) is 22.5 Å². The van der Waals surface area contributed by atoms with E-state index >= 15 is 0 Å². The van der Waals surface area contributed by atoms with E-state index in [1.54, 1.807) is 0 Å². The van der Waals surface area contributed by atoms with E-state index in [0.717, 1.165) is 18.0 Å². The second kappa shape index (κ2) is 4.48. The molecule has 7 heteroatoms. The number of benzene rings is 1. The third-order valence-electron chi connectivity index (χ3n) is 3.01. The van der Waals surface area contributed by atoms with Crippen molar-refractivity contribution in [2.24, 2.45) is 0 Å². The fourth-order valence-corrected chi connectivity index (χ4v) is 2.63. The Balaban J connectivity index is 1.64. The Labute approximate surface area is 111 Å². The maximum Gasteiger partial charge on any atom is 0.452 e. The summed E-state index contributed by atoms with van der Waals surface area (Å²) in [6, 6.07) is 10.0. The van der Waals surface area contributed by atoms with Gasteiger partial charge in [0, 0.05) is 23.5 Å². The highest BCUT2D eigenvalue weighted by Crippen LogP contribution is 2.43. The molecule has 1 fully saturated rings. The van der Waals surface area contributed by atoms with Gasteiger partial charge >= 0.3 is 6.18 Å². The molecule has 1 heterocycles. The summed E-state index contributed by atoms with van der Waals surface area (Å²) in [7, 11) is 0. The quantitative estimate of drug-likeness (QED) is 0.937. The topological polar surface area (TPSA) is 37.8 Å². The summed E-state index contributed by atoms with van der Waals surface area (Å²) in [6.45, 7) is 0. The lowest BCUT2D eigenvalue weighted by Crippen LogP contribution is -2.08. The minimum absolute atomic E-state index is 0.149. The van der Waals surface area contributed by atoms with Gasteiger partial charge in [0.05, 0.1) is 0 Å². The second-order valence-electron chi connectivity index (χ2n) is 4.42. The van der Waals surface area contributed by atoms with Crippen LogP contribution >= 0.6 is 11.5 Å². The molecular weight excluding hydrogens is 275 g/mol. The standard InChI is InChI=1S/C12H10F3N3S/c13-12(14,15)10-17-11(19-18-10)16-9-6-8(9)7-4-2-1-3-5-7/h1-5,8-9H,6H2,(H,16,17,18). The molecule has 2 aromatic rings. The number of hydrogen-bond donors (Lipinski definition) is 1. The fourth-order valence-electron chi connectivity index (χ4n) is 1.98. The molecule has 19 heavy (non-hydrogen) atoms. The van der Waals surface area contributed by atoms with Crippen LogP contribution in [0.1, 0.15) is 23.7 Å². The number of rotatable bonds is 3. The lowest BCUT2D eigenvalue weighted by Gasteiger charge is -2.01. The van der Waals surface area contributed by atoms with E-state index in [1.807, 2.05) is 30.3 Å². The Hall–Kier alpha value is -1.63. The molecule has 2 atom stereocenters. The summed E-state index contributed by atoms with van der Waals surface area (Å²) in [5.41, 5.74) is 1.19. The van der Waals surface area contributed by atoms with Crippen LogP contribution < -0.4 is 5.32 Å². The molecule has 1 aliphatic carbocycles. The van der Waals surface area contributed by atoms with Crippen LogP contribution in [0.4, 0.5) is 18.3 Å². The molecule has 0 saturated heterocycles. The molecule has 1 aliphatic rings. The normalized spacial score (nSPS) is 22.3. The molecule has 100 valence electrons. The van der Waals surface area contributed by atoms with Crippen molar-refractivity contribution in [3.05, 3.63) is 41.7 Å². The van der Waals surface area contributed by atoms with Gasteiger partial charge in [0.25, 0.3) is 0 Å². The molecule has 0 aliphatic heterocycles. The first kappa shape index (κ1) is 12.4. The van der Waals surface area contributed by atoms with Gasteiger partial charge in [0.2, 0.25) is 11.0 Å². The van der Waals surface area contributed by atoms with Crippen molar-refractivity contribution in [1.82, 2.24) is 9.36 Å². The first-order valence-electron chi connectivity index (χ1n) is 5.76. The molecular formula is C12H10F3N3S. The summed E-state index contributed by atoms with van der Waals surface area (Å²) >= 11 is 0.750. The monoisotopic (exact) mass is 285 g/mol. The smallest absolute Gasteiger partial charge is 0.357 e. The van der Waals surface area contributed by atoms with Crippen LogP contribution in [0.2, 0.25) is 0 Å². The van der Waals surface area contributed by atoms with Gasteiger partial charge < -0.3 is 5.32 Å². The maximum atomic E-state index is 12.3. The number of halogens is 3. The number of hydrogen-bond acceptors (Lipinski definition) is 4. The molecule has 3 nitrogen and oxygen atoms in total. The number of aromatic nitrogens is 2. The van der Waals surface area contributed by atoms with Gasteiger partial charge in [-0.25, -0.2) is 0 Å². The number of nitrogens with zero attached hydrogens (tertiary/aromatic N) is 2. The fraction of sp³-hybridized carbons (Fsp3) is 0.333. The highest BCUT2D eigenvalue weighted by molar-refractivity contribution is 7.09. The predicted octanol–water partition coefficient (Wildman–Crippen LogP) is 3.52. The Kier molecular flexibility index (Phi) is 2.93. The molecule has 0 radical (unpaired) electrons. The van der Waals surface area contributed by atoms with Gasteiger partial charge in [-0.15, -0.1) is 0 Å². The van der Waals surface area contributed by atoms with Crippen molar-refractivity contribution in [3.63, 3.8) is 0 Å². The molecule has 1 saturated carbocycles. The van der Waals surface area contributed by atoms with Crippen LogP contribution in [-0.4, -0.2) is 15.4 Å². The lowest BCUT2D eigenvalue weighted by atomic mass is 10.1. The zero-order chi connectivity index (χ0) is 13.5. The van der Waals surface area contributed by atoms with E-state index in [-0.39, 0.29) is 11.2 Å². The van der Waals surface area contributed by atoms with Gasteiger partial charge in [0.15, 0.2) is 0 Å². The summed E-state index contributed by atoms with van der Waals surface area (Å²) in [4.78, 5) is 3.46. The first-order valence-corrected chi connectivity index (χ1v) is 6.54. The summed E-state index contributed by atoms with van der Waals surface area (Å²) in [5.74, 6) is -0.726. The third-order valence-corrected chi connectivity index (χ3v) is 3.65. The van der Waals surface area contributed by atoms with E-state index < -0.39 is 12.0 Å². The van der Waals surface area contributed by atoms with Crippen LogP contribution in [0, 0.1) is 0 Å². The second-order valence-corrected chi connectivity index (χ2v) is 5.18. The van der Waals surface area contributed by atoms with Crippen LogP contribution in [-0.2, 0) is 6.18 Å². The van der Waals surface area contributed by atoms with E-state index in [9.17, 15) is 13.2 Å². The highest BCUT2D eigenvalue weighted by Gasteiger charge is 2.40. The Morgan fingerprint density at radius 3 is 2.58 bits per heavy atom. The average Bonchev–Trinajstić information content (AvgIpc) is 2.95. The largest absolute Gasteiger partial charge is 0.452 e. The molecule has 0 spiro atoms. The zero-order valence-electron chi connectivity index (χ0n) is 9.69. The number of nitrogens with one attached hydrogen (secondary N) is 1. The Morgan fingerprint density at radius 2 is 1.95 bits per heavy atom. The van der Waals surface area contributed by atoms with Gasteiger partial charge in [-0.05, 0) is 12.0 Å². The molecule has 0 amide bonds. The van der Waals surface area contributed by atoms with Crippen LogP contribution in [0.25, 0.3) is 0 Å². The molecule has 0 bridgehead atoms. The van der Waals surface area contributed by atoms with Gasteiger partial charge in [-0.1, -0.05) is 30.3 Å². The molecule has 2 unspecified atom stereocenters. The third kappa shape index (κ3) is 2.70. The van der Waals surface area contributed by atoms with Crippen LogP contribution in [0.15, 0.2) is 30.3 Å². The van der Waals surface area contributed by atoms with Crippen molar-refractivity contribution in [1.29, 1.82) is 0 Å². The zero-order valence-corrected chi connectivity index (χ0v) is 10.5. The van der Waals surface area contributed by atoms with Crippen molar-refractivity contribution < 1.29 is 13.2 Å². The summed E-state index contributed by atoms with van der Waals surface area (Å²) in [5, 5.41) is 3.23. The number of alkyl halides is 3. The molecule has 1 N–H and O–H groups in total. The van der Waals surface area contributed by atoms with Crippen molar-refractivity contribution in [2.75, 3.05) is 5.32 Å². The maximum absolute atomic E-state index is 12.3. The van der Waals surface area contributed by atoms with E-state index in [2.05, 4.69) is 14.7 Å². The molecule has 3 rings (SSSR count). The van der Waals surface area contributed by atoms with E-state index in [4.69, 9.17) is 0 Å². The van der Waals surface area contributed by atoms with E-state index in [1.165, 1.54) is 5.56 Å². The van der Waals surface area contributed by atoms with Gasteiger partial charge in [0.1, 0.15) is 0 Å².